The molecule has 0 saturated carbocycles. The molecule has 0 N–H and O–H groups in total. The van der Waals surface area contributed by atoms with Gasteiger partial charge in [-0.15, -0.1) is 10.2 Å². The molecule has 0 amide bonds. The molecule has 0 spiro atoms. The van der Waals surface area contributed by atoms with E-state index in [2.05, 4.69) is 15.2 Å². The zero-order valence-corrected chi connectivity index (χ0v) is 17.3. The van der Waals surface area contributed by atoms with E-state index < -0.39 is 11.6 Å². The summed E-state index contributed by atoms with van der Waals surface area (Å²) < 4.78 is 30.9. The second-order valence-electron chi connectivity index (χ2n) is 6.68. The van der Waals surface area contributed by atoms with Crippen LogP contribution in [0.3, 0.4) is 0 Å². The van der Waals surface area contributed by atoms with Gasteiger partial charge < -0.3 is 0 Å². The molecule has 3 aromatic rings. The maximum Gasteiger partial charge on any atom is 0.165 e. The van der Waals surface area contributed by atoms with Crippen LogP contribution in [0.5, 0.6) is 0 Å². The topological polar surface area (TPSA) is 55.5 Å². The minimum Gasteiger partial charge on any atom is -0.291 e. The Labute approximate surface area is 177 Å². The van der Waals surface area contributed by atoms with Gasteiger partial charge in [0.2, 0.25) is 0 Å². The predicted molar refractivity (Wildman–Crippen MR) is 110 cm³/mol. The van der Waals surface area contributed by atoms with E-state index in [1.165, 1.54) is 18.2 Å². The molecule has 0 aliphatic carbocycles. The van der Waals surface area contributed by atoms with Crippen molar-refractivity contribution in [2.24, 2.45) is 4.99 Å². The van der Waals surface area contributed by atoms with Crippen LogP contribution in [0.1, 0.15) is 36.6 Å². The smallest absolute Gasteiger partial charge is 0.165 e. The molecule has 0 atom stereocenters. The normalized spacial score (nSPS) is 13.1. The van der Waals surface area contributed by atoms with Gasteiger partial charge in [0.1, 0.15) is 24.8 Å². The van der Waals surface area contributed by atoms with Crippen molar-refractivity contribution in [3.05, 3.63) is 75.8 Å². The molecule has 1 aromatic heterocycles. The summed E-state index contributed by atoms with van der Waals surface area (Å²) in [6.07, 6.45) is 0. The molecule has 6 nitrogen and oxygen atoms in total. The lowest BCUT2D eigenvalue weighted by Gasteiger charge is -2.18. The molecule has 0 radical (unpaired) electrons. The van der Waals surface area contributed by atoms with Crippen LogP contribution in [0.2, 0.25) is 5.02 Å². The SMILES string of the molecule is CCN(CC)OCc1nnc2n1-c1ccc(Cl)cc1C(c1c(F)cccc1F)=NC2. The molecule has 4 rings (SSSR count). The van der Waals surface area contributed by atoms with E-state index in [0.717, 1.165) is 13.1 Å². The summed E-state index contributed by atoms with van der Waals surface area (Å²) in [5.41, 5.74) is 1.12. The Morgan fingerprint density at radius 3 is 2.53 bits per heavy atom. The number of nitrogens with zero attached hydrogens (tertiary/aromatic N) is 5. The van der Waals surface area contributed by atoms with E-state index in [4.69, 9.17) is 16.4 Å². The molecule has 9 heteroatoms. The average molecular weight is 432 g/mol. The predicted octanol–water partition coefficient (Wildman–Crippen LogP) is 4.32. The van der Waals surface area contributed by atoms with E-state index in [-0.39, 0.29) is 24.4 Å². The monoisotopic (exact) mass is 431 g/mol. The zero-order valence-electron chi connectivity index (χ0n) is 16.6. The Morgan fingerprint density at radius 2 is 1.83 bits per heavy atom. The van der Waals surface area contributed by atoms with E-state index >= 15 is 0 Å². The van der Waals surface area contributed by atoms with Crippen molar-refractivity contribution in [3.8, 4) is 5.69 Å². The van der Waals surface area contributed by atoms with Crippen LogP contribution in [0, 0.1) is 11.6 Å². The van der Waals surface area contributed by atoms with Gasteiger partial charge in [-0.1, -0.05) is 31.5 Å². The molecular formula is C21H20ClF2N5O. The molecule has 0 bridgehead atoms. The lowest BCUT2D eigenvalue weighted by Crippen LogP contribution is -2.24. The molecule has 2 aromatic carbocycles. The van der Waals surface area contributed by atoms with Crippen molar-refractivity contribution in [2.45, 2.75) is 27.0 Å². The van der Waals surface area contributed by atoms with Gasteiger partial charge in [-0.05, 0) is 30.3 Å². The average Bonchev–Trinajstić information content (AvgIpc) is 3.06. The van der Waals surface area contributed by atoms with Crippen molar-refractivity contribution >= 4 is 17.3 Å². The number of fused-ring (bicyclic) bond motifs is 3. The van der Waals surface area contributed by atoms with Crippen molar-refractivity contribution < 1.29 is 13.6 Å². The van der Waals surface area contributed by atoms with Crippen molar-refractivity contribution in [1.82, 2.24) is 19.8 Å². The quantitative estimate of drug-likeness (QED) is 0.545. The third-order valence-electron chi connectivity index (χ3n) is 4.91. The Morgan fingerprint density at radius 1 is 1.10 bits per heavy atom. The van der Waals surface area contributed by atoms with E-state index in [1.807, 2.05) is 18.4 Å². The lowest BCUT2D eigenvalue weighted by molar-refractivity contribution is -0.165. The maximum atomic E-state index is 14.6. The third-order valence-corrected chi connectivity index (χ3v) is 5.15. The van der Waals surface area contributed by atoms with Crippen LogP contribution >= 0.6 is 11.6 Å². The molecule has 156 valence electrons. The highest BCUT2D eigenvalue weighted by atomic mass is 35.5. The number of rotatable bonds is 6. The first-order valence-corrected chi connectivity index (χ1v) is 10.0. The first kappa shape index (κ1) is 20.6. The minimum atomic E-state index is -0.692. The standard InChI is InChI=1S/C21H20ClF2N5O/c1-3-28(4-2)30-12-19-27-26-18-11-25-21(20-15(23)6-5-7-16(20)24)14-10-13(22)8-9-17(14)29(18)19/h5-10H,3-4,11-12H2,1-2H3. The van der Waals surface area contributed by atoms with Crippen LogP contribution in [0.25, 0.3) is 5.69 Å². The van der Waals surface area contributed by atoms with Gasteiger partial charge in [0.25, 0.3) is 0 Å². The Hall–Kier alpha value is -2.68. The molecule has 0 unspecified atom stereocenters. The first-order chi connectivity index (χ1) is 14.5. The molecule has 0 fully saturated rings. The number of aromatic nitrogens is 3. The highest BCUT2D eigenvalue weighted by Crippen LogP contribution is 2.30. The second-order valence-corrected chi connectivity index (χ2v) is 7.11. The fourth-order valence-electron chi connectivity index (χ4n) is 3.45. The molecule has 1 aliphatic rings. The van der Waals surface area contributed by atoms with Gasteiger partial charge in [-0.2, -0.15) is 5.06 Å². The fraction of sp³-hybridized carbons (Fsp3) is 0.286. The summed E-state index contributed by atoms with van der Waals surface area (Å²) in [6.45, 7) is 5.74. The molecule has 1 aliphatic heterocycles. The summed E-state index contributed by atoms with van der Waals surface area (Å²) in [6, 6.07) is 8.86. The minimum absolute atomic E-state index is 0.105. The summed E-state index contributed by atoms with van der Waals surface area (Å²) in [7, 11) is 0. The highest BCUT2D eigenvalue weighted by molar-refractivity contribution is 6.31. The van der Waals surface area contributed by atoms with Gasteiger partial charge >= 0.3 is 0 Å². The van der Waals surface area contributed by atoms with Crippen LogP contribution in [-0.2, 0) is 18.0 Å². The second kappa shape index (κ2) is 8.59. The summed E-state index contributed by atoms with van der Waals surface area (Å²) in [4.78, 5) is 10.3. The van der Waals surface area contributed by atoms with Crippen LogP contribution in [0.4, 0.5) is 8.78 Å². The lowest BCUT2D eigenvalue weighted by atomic mass is 9.99. The molecule has 30 heavy (non-hydrogen) atoms. The highest BCUT2D eigenvalue weighted by Gasteiger charge is 2.26. The van der Waals surface area contributed by atoms with Crippen LogP contribution in [0.15, 0.2) is 41.4 Å². The Balaban J connectivity index is 1.84. The molecule has 0 saturated heterocycles. The van der Waals surface area contributed by atoms with Crippen molar-refractivity contribution in [2.75, 3.05) is 13.1 Å². The summed E-state index contributed by atoms with van der Waals surface area (Å²) in [5, 5.41) is 10.7. The van der Waals surface area contributed by atoms with Gasteiger partial charge in [-0.3, -0.25) is 14.4 Å². The fourth-order valence-corrected chi connectivity index (χ4v) is 3.62. The van der Waals surface area contributed by atoms with E-state index in [0.29, 0.717) is 27.9 Å². The third kappa shape index (κ3) is 3.74. The molecular weight excluding hydrogens is 412 g/mol. The number of benzene rings is 2. The number of hydrogen-bond acceptors (Lipinski definition) is 5. The van der Waals surface area contributed by atoms with Crippen molar-refractivity contribution in [3.63, 3.8) is 0 Å². The van der Waals surface area contributed by atoms with Gasteiger partial charge in [0.15, 0.2) is 11.6 Å². The van der Waals surface area contributed by atoms with E-state index in [9.17, 15) is 8.78 Å². The Bertz CT molecular complexity index is 1090. The first-order valence-electron chi connectivity index (χ1n) is 9.63. The van der Waals surface area contributed by atoms with E-state index in [1.54, 1.807) is 23.3 Å². The van der Waals surface area contributed by atoms with Crippen LogP contribution < -0.4 is 0 Å². The molecule has 2 heterocycles. The van der Waals surface area contributed by atoms with Gasteiger partial charge in [-0.25, -0.2) is 8.78 Å². The Kier molecular flexibility index (Phi) is 5.90. The van der Waals surface area contributed by atoms with Crippen molar-refractivity contribution in [1.29, 1.82) is 0 Å². The largest absolute Gasteiger partial charge is 0.291 e. The summed E-state index contributed by atoms with van der Waals surface area (Å²) in [5.74, 6) is -0.278. The van der Waals surface area contributed by atoms with Gasteiger partial charge in [0.05, 0.1) is 17.0 Å². The number of halogens is 3. The maximum absolute atomic E-state index is 14.6. The summed E-state index contributed by atoms with van der Waals surface area (Å²) >= 11 is 6.23. The number of hydrogen-bond donors (Lipinski definition) is 0. The number of aliphatic imine (C=N–C) groups is 1. The van der Waals surface area contributed by atoms with Crippen LogP contribution in [-0.4, -0.2) is 38.6 Å². The zero-order chi connectivity index (χ0) is 21.3. The number of hydroxylamine groups is 2. The van der Waals surface area contributed by atoms with Gasteiger partial charge in [0, 0.05) is 23.7 Å².